The molecule has 7 nitrogen and oxygen atoms in total. The second kappa shape index (κ2) is 14.9. The van der Waals surface area contributed by atoms with Crippen molar-refractivity contribution in [1.82, 2.24) is 16.0 Å². The first kappa shape index (κ1) is 23.2. The maximum atomic E-state index is 11.6. The molecule has 2 rings (SSSR count). The molecular weight excluding hydrogens is 382 g/mol. The minimum Gasteiger partial charge on any atom is -0.445 e. The molecule has 0 saturated heterocycles. The third kappa shape index (κ3) is 11.1. The summed E-state index contributed by atoms with van der Waals surface area (Å²) in [5.74, 6) is 0. The molecule has 3 N–H and O–H groups in total. The van der Waals surface area contributed by atoms with Crippen LogP contribution in [-0.2, 0) is 22.7 Å². The minimum atomic E-state index is -0.399. The summed E-state index contributed by atoms with van der Waals surface area (Å²) in [6, 6.07) is 19.2. The summed E-state index contributed by atoms with van der Waals surface area (Å²) in [5.41, 5.74) is 1.93. The number of unbranched alkanes of at least 4 members (excludes halogenated alkanes) is 1. The Hall–Kier alpha value is -3.06. The van der Waals surface area contributed by atoms with Gasteiger partial charge in [0.25, 0.3) is 0 Å². The number of hydrogen-bond acceptors (Lipinski definition) is 5. The SMILES string of the molecule is O=C(NCCCCNCCCNC(=O)OCc1ccccc1)OCc1ccccc1. The molecule has 0 spiro atoms. The number of hydrogen-bond donors (Lipinski definition) is 3. The highest BCUT2D eigenvalue weighted by Crippen LogP contribution is 2.01. The van der Waals surface area contributed by atoms with Crippen LogP contribution in [0.15, 0.2) is 60.7 Å². The van der Waals surface area contributed by atoms with Gasteiger partial charge in [-0.2, -0.15) is 0 Å². The molecule has 0 aromatic heterocycles. The van der Waals surface area contributed by atoms with Crippen molar-refractivity contribution in [2.75, 3.05) is 26.2 Å². The molecule has 0 atom stereocenters. The molecule has 0 aliphatic heterocycles. The van der Waals surface area contributed by atoms with Crippen molar-refractivity contribution in [3.8, 4) is 0 Å². The number of benzene rings is 2. The second-order valence-electron chi connectivity index (χ2n) is 6.79. The third-order valence-electron chi connectivity index (χ3n) is 4.27. The fourth-order valence-electron chi connectivity index (χ4n) is 2.64. The van der Waals surface area contributed by atoms with Crippen molar-refractivity contribution in [3.05, 3.63) is 71.8 Å². The molecule has 0 fully saturated rings. The molecule has 7 heteroatoms. The lowest BCUT2D eigenvalue weighted by Gasteiger charge is -2.08. The summed E-state index contributed by atoms with van der Waals surface area (Å²) in [6.07, 6.45) is 1.86. The molecule has 0 heterocycles. The summed E-state index contributed by atoms with van der Waals surface area (Å²) in [5, 5.41) is 8.80. The van der Waals surface area contributed by atoms with Gasteiger partial charge in [0.1, 0.15) is 13.2 Å². The van der Waals surface area contributed by atoms with Gasteiger partial charge in [0.05, 0.1) is 0 Å². The van der Waals surface area contributed by atoms with E-state index in [1.165, 1.54) is 0 Å². The summed E-state index contributed by atoms with van der Waals surface area (Å²) in [6.45, 7) is 3.38. The molecule has 0 radical (unpaired) electrons. The summed E-state index contributed by atoms with van der Waals surface area (Å²) in [7, 11) is 0. The first-order chi connectivity index (χ1) is 14.7. The zero-order valence-electron chi connectivity index (χ0n) is 17.3. The van der Waals surface area contributed by atoms with Gasteiger partial charge in [-0.25, -0.2) is 9.59 Å². The van der Waals surface area contributed by atoms with Gasteiger partial charge in [0.2, 0.25) is 0 Å². The van der Waals surface area contributed by atoms with Gasteiger partial charge in [-0.15, -0.1) is 0 Å². The van der Waals surface area contributed by atoms with Gasteiger partial charge in [0.15, 0.2) is 0 Å². The lowest BCUT2D eigenvalue weighted by Crippen LogP contribution is -2.28. The van der Waals surface area contributed by atoms with Crippen LogP contribution in [0.4, 0.5) is 9.59 Å². The van der Waals surface area contributed by atoms with E-state index in [0.29, 0.717) is 13.1 Å². The fourth-order valence-corrected chi connectivity index (χ4v) is 2.64. The highest BCUT2D eigenvalue weighted by Gasteiger charge is 2.02. The predicted molar refractivity (Wildman–Crippen MR) is 116 cm³/mol. The molecule has 0 aliphatic rings. The van der Waals surface area contributed by atoms with E-state index in [0.717, 1.165) is 43.5 Å². The summed E-state index contributed by atoms with van der Waals surface area (Å²) in [4.78, 5) is 23.2. The molecule has 0 aliphatic carbocycles. The van der Waals surface area contributed by atoms with Crippen LogP contribution in [0, 0.1) is 0 Å². The average molecular weight is 414 g/mol. The normalized spacial score (nSPS) is 10.3. The van der Waals surface area contributed by atoms with E-state index >= 15 is 0 Å². The number of alkyl carbamates (subject to hydrolysis) is 2. The number of nitrogens with one attached hydrogen (secondary N) is 3. The topological polar surface area (TPSA) is 88.7 Å². The van der Waals surface area contributed by atoms with Gasteiger partial charge >= 0.3 is 12.2 Å². The van der Waals surface area contributed by atoms with Crippen molar-refractivity contribution >= 4 is 12.2 Å². The molecule has 0 saturated carbocycles. The Labute approximate surface area is 178 Å². The second-order valence-corrected chi connectivity index (χ2v) is 6.79. The molecule has 0 unspecified atom stereocenters. The quantitative estimate of drug-likeness (QED) is 0.437. The lowest BCUT2D eigenvalue weighted by molar-refractivity contribution is 0.138. The zero-order chi connectivity index (χ0) is 21.3. The van der Waals surface area contributed by atoms with Gasteiger partial charge in [-0.05, 0) is 43.5 Å². The lowest BCUT2D eigenvalue weighted by atomic mass is 10.2. The number of amides is 2. The molecular formula is C23H31N3O4. The van der Waals surface area contributed by atoms with Gasteiger partial charge in [0, 0.05) is 13.1 Å². The van der Waals surface area contributed by atoms with E-state index in [9.17, 15) is 9.59 Å². The Morgan fingerprint density at radius 2 is 1.03 bits per heavy atom. The van der Waals surface area contributed by atoms with Gasteiger partial charge in [-0.1, -0.05) is 60.7 Å². The molecule has 30 heavy (non-hydrogen) atoms. The Balaban J connectivity index is 1.34. The van der Waals surface area contributed by atoms with E-state index in [4.69, 9.17) is 9.47 Å². The number of rotatable bonds is 13. The van der Waals surface area contributed by atoms with Crippen molar-refractivity contribution < 1.29 is 19.1 Å². The van der Waals surface area contributed by atoms with E-state index in [1.807, 2.05) is 60.7 Å². The highest BCUT2D eigenvalue weighted by molar-refractivity contribution is 5.67. The largest absolute Gasteiger partial charge is 0.445 e. The van der Waals surface area contributed by atoms with Crippen LogP contribution in [-0.4, -0.2) is 38.4 Å². The zero-order valence-corrected chi connectivity index (χ0v) is 17.3. The Morgan fingerprint density at radius 3 is 1.57 bits per heavy atom. The van der Waals surface area contributed by atoms with Crippen LogP contribution < -0.4 is 16.0 Å². The monoisotopic (exact) mass is 413 g/mol. The molecule has 2 amide bonds. The van der Waals surface area contributed by atoms with Crippen LogP contribution in [0.5, 0.6) is 0 Å². The van der Waals surface area contributed by atoms with E-state index in [2.05, 4.69) is 16.0 Å². The van der Waals surface area contributed by atoms with Crippen LogP contribution in [0.3, 0.4) is 0 Å². The Bertz CT molecular complexity index is 662. The first-order valence-corrected chi connectivity index (χ1v) is 10.3. The van der Waals surface area contributed by atoms with Crippen molar-refractivity contribution in [2.45, 2.75) is 32.5 Å². The number of carbonyl (C=O) groups is 2. The molecule has 0 bridgehead atoms. The average Bonchev–Trinajstić information content (AvgIpc) is 2.79. The van der Waals surface area contributed by atoms with Gasteiger partial charge < -0.3 is 25.4 Å². The fraction of sp³-hybridized carbons (Fsp3) is 0.391. The maximum absolute atomic E-state index is 11.6. The number of carbonyl (C=O) groups excluding carboxylic acids is 2. The minimum absolute atomic E-state index is 0.277. The van der Waals surface area contributed by atoms with Gasteiger partial charge in [-0.3, -0.25) is 0 Å². The van der Waals surface area contributed by atoms with E-state index in [1.54, 1.807) is 0 Å². The molecule has 2 aromatic carbocycles. The van der Waals surface area contributed by atoms with Crippen LogP contribution in [0.2, 0.25) is 0 Å². The maximum Gasteiger partial charge on any atom is 0.407 e. The standard InChI is InChI=1S/C23H31N3O4/c27-22(29-18-20-10-3-1-4-11-20)25-16-8-7-14-24-15-9-17-26-23(28)30-19-21-12-5-2-6-13-21/h1-6,10-13,24H,7-9,14-19H2,(H,25,27)(H,26,28). The molecule has 2 aromatic rings. The highest BCUT2D eigenvalue weighted by atomic mass is 16.6. The van der Waals surface area contributed by atoms with Crippen LogP contribution in [0.1, 0.15) is 30.4 Å². The third-order valence-corrected chi connectivity index (χ3v) is 4.27. The van der Waals surface area contributed by atoms with Crippen LogP contribution in [0.25, 0.3) is 0 Å². The Morgan fingerprint density at radius 1 is 0.600 bits per heavy atom. The van der Waals surface area contributed by atoms with E-state index in [-0.39, 0.29) is 13.2 Å². The summed E-state index contributed by atoms with van der Waals surface area (Å²) >= 11 is 0. The summed E-state index contributed by atoms with van der Waals surface area (Å²) < 4.78 is 10.3. The smallest absolute Gasteiger partial charge is 0.407 e. The van der Waals surface area contributed by atoms with Crippen molar-refractivity contribution in [2.24, 2.45) is 0 Å². The van der Waals surface area contributed by atoms with Crippen molar-refractivity contribution in [3.63, 3.8) is 0 Å². The Kier molecular flexibility index (Phi) is 11.5. The van der Waals surface area contributed by atoms with Crippen LogP contribution >= 0.6 is 0 Å². The first-order valence-electron chi connectivity index (χ1n) is 10.3. The van der Waals surface area contributed by atoms with Crippen molar-refractivity contribution in [1.29, 1.82) is 0 Å². The number of ether oxygens (including phenoxy) is 2. The van der Waals surface area contributed by atoms with E-state index < -0.39 is 12.2 Å². The predicted octanol–water partition coefficient (Wildman–Crippen LogP) is 3.60. The molecule has 162 valence electrons.